The van der Waals surface area contributed by atoms with E-state index in [0.29, 0.717) is 17.5 Å². The lowest BCUT2D eigenvalue weighted by atomic mass is 9.97. The van der Waals surface area contributed by atoms with Crippen LogP contribution in [-0.4, -0.2) is 246 Å². The Balaban J connectivity index is 1.99. The summed E-state index contributed by atoms with van der Waals surface area (Å²) in [4.78, 5) is 230. The maximum absolute atomic E-state index is 14.7. The van der Waals surface area contributed by atoms with E-state index in [1.165, 1.54) is 72.8 Å². The van der Waals surface area contributed by atoms with Gasteiger partial charge in [-0.25, -0.2) is 4.79 Å². The van der Waals surface area contributed by atoms with Gasteiger partial charge in [-0.15, -0.1) is 0 Å². The zero-order chi connectivity index (χ0) is 87.2. The second kappa shape index (κ2) is 49.2. The molecule has 0 aromatic heterocycles. The first-order valence-corrected chi connectivity index (χ1v) is 37.2. The van der Waals surface area contributed by atoms with Gasteiger partial charge in [0, 0.05) is 57.2 Å². The third-order valence-corrected chi connectivity index (χ3v) is 18.2. The van der Waals surface area contributed by atoms with E-state index < -0.39 is 268 Å². The average Bonchev–Trinajstić information content (AvgIpc) is 0.844. The highest BCUT2D eigenvalue weighted by Gasteiger charge is 2.39. The normalized spacial score (nSPS) is 14.9. The van der Waals surface area contributed by atoms with E-state index in [0.717, 1.165) is 13.8 Å². The second-order valence-corrected chi connectivity index (χ2v) is 27.6. The maximum atomic E-state index is 14.7. The number of benzene rings is 3. The monoisotopic (exact) mass is 1650 g/mol. The SMILES string of the molecule is CC[C@H](C)[C@H](NC(=O)[C@@H](N)CS)C(=O)N[C@H](C(=O)N[C@@H](CCC(N)=O)C(=O)N[C@@H](Cc1ccc(O)cc1)C(=O)N[C@@H](CCC(N)=O)C(=O)N[C@@H](CCCNC(=N)N)C(=O)N[C@@H](CCC(=O)O)C(=O)N[C@@H](CO)C(=O)N[C@@H](CCC(N)=O)C(=O)N[C@@H](C)C(=O)N[C@@H](Cc1ccc(O)cc1)C(=O)N[C@@H](Cc1ccc(O)cc1)C(=O)O)[C@@H](C)O. The molecule has 0 spiro atoms. The highest BCUT2D eigenvalue weighted by atomic mass is 32.1. The molecule has 0 radical (unpaired) electrons. The minimum absolute atomic E-state index is 0.105. The van der Waals surface area contributed by atoms with Gasteiger partial charge in [0.25, 0.3) is 0 Å². The summed E-state index contributed by atoms with van der Waals surface area (Å²) < 4.78 is 0. The molecule has 0 saturated heterocycles. The molecule has 15 atom stereocenters. The molecule has 638 valence electrons. The third-order valence-electron chi connectivity index (χ3n) is 17.8. The molecule has 116 heavy (non-hydrogen) atoms. The molecule has 0 aliphatic heterocycles. The third kappa shape index (κ3) is 35.3. The van der Waals surface area contributed by atoms with Crippen LogP contribution in [-0.2, 0) is 101 Å². The number of guanidine groups is 1. The highest BCUT2D eigenvalue weighted by Crippen LogP contribution is 2.18. The fourth-order valence-corrected chi connectivity index (χ4v) is 11.1. The van der Waals surface area contributed by atoms with Crippen molar-refractivity contribution in [1.82, 2.24) is 69.1 Å². The zero-order valence-electron chi connectivity index (χ0n) is 64.0. The fourth-order valence-electron chi connectivity index (χ4n) is 11.0. The zero-order valence-corrected chi connectivity index (χ0v) is 64.9. The van der Waals surface area contributed by atoms with E-state index in [2.05, 4.69) is 81.7 Å². The molecule has 31 N–H and O–H groups in total. The van der Waals surface area contributed by atoms with Crippen LogP contribution in [0.1, 0.15) is 115 Å². The van der Waals surface area contributed by atoms with Gasteiger partial charge in [0.05, 0.1) is 18.8 Å². The quantitative estimate of drug-likeness (QED) is 0.0108. The van der Waals surface area contributed by atoms with Gasteiger partial charge in [-0.05, 0) is 111 Å². The number of hydrogen-bond acceptors (Lipinski definition) is 25. The van der Waals surface area contributed by atoms with Crippen molar-refractivity contribution in [1.29, 1.82) is 5.41 Å². The van der Waals surface area contributed by atoms with Crippen LogP contribution in [0.4, 0.5) is 0 Å². The van der Waals surface area contributed by atoms with Gasteiger partial charge >= 0.3 is 11.9 Å². The maximum Gasteiger partial charge on any atom is 0.326 e. The molecule has 0 saturated carbocycles. The summed E-state index contributed by atoms with van der Waals surface area (Å²) in [5.74, 6) is -21.8. The molecule has 0 bridgehead atoms. The number of amides is 15. The van der Waals surface area contributed by atoms with E-state index in [-0.39, 0.29) is 54.4 Å². The lowest BCUT2D eigenvalue weighted by Gasteiger charge is -2.29. The van der Waals surface area contributed by atoms with Crippen molar-refractivity contribution < 1.29 is 117 Å². The van der Waals surface area contributed by atoms with Crippen molar-refractivity contribution in [2.75, 3.05) is 18.9 Å². The number of nitrogens with two attached hydrogens (primary N) is 5. The minimum Gasteiger partial charge on any atom is -0.508 e. The Morgan fingerprint density at radius 1 is 0.405 bits per heavy atom. The van der Waals surface area contributed by atoms with Gasteiger partial charge in [-0.2, -0.15) is 12.6 Å². The minimum atomic E-state index is -2.09. The van der Waals surface area contributed by atoms with Crippen molar-refractivity contribution in [3.63, 3.8) is 0 Å². The first-order chi connectivity index (χ1) is 54.6. The molecule has 0 aliphatic carbocycles. The summed E-state index contributed by atoms with van der Waals surface area (Å²) in [5.41, 5.74) is 28.6. The van der Waals surface area contributed by atoms with Crippen LogP contribution >= 0.6 is 12.6 Å². The largest absolute Gasteiger partial charge is 0.508 e. The summed E-state index contributed by atoms with van der Waals surface area (Å²) in [7, 11) is 0. The van der Waals surface area contributed by atoms with Crippen LogP contribution in [0, 0.1) is 11.3 Å². The number of carboxylic acids is 2. The Labute approximate surface area is 670 Å². The Morgan fingerprint density at radius 3 is 1.07 bits per heavy atom. The topological polar surface area (TPSA) is 742 Å². The summed E-state index contributed by atoms with van der Waals surface area (Å²) in [6.45, 7) is 4.08. The number of rotatable bonds is 52. The Morgan fingerprint density at radius 2 is 0.716 bits per heavy atom. The Kier molecular flexibility index (Phi) is 41.5. The standard InChI is InChI=1S/C72H105N19O24S/c1-5-34(2)57(90-60(103)43(73)33-116)69(112)91-58(36(4)93)70(113)85-47(22-26-55(76)99)64(107)87-50(30-38-10-16-41(95)17-11-38)66(109)83-46(21-25-54(75)98)63(106)81-44(7-6-28-79-72(77)78)62(105)82-48(23-27-56(100)101)65(108)89-52(32-92)68(111)84-45(20-24-53(74)97)61(104)80-35(3)59(102)86-49(29-37-8-14-40(94)15-9-37)67(110)88-51(71(114)115)31-39-12-18-42(96)19-13-39/h8-19,34-36,43-52,57-58,92-96,116H,5-7,20-33,73H2,1-4H3,(H2,74,97)(H2,75,98)(H2,76,99)(H,80,104)(H,81,106)(H,82,105)(H,83,109)(H,84,111)(H,85,113)(H,86,102)(H,87,107)(H,88,110)(H,89,108)(H,90,103)(H,91,112)(H,100,101)(H,114,115)(H4,77,78,79)/t34-,35-,36+,43-,44-,45-,46-,47-,48-,49-,50-,51-,52-,57-,58-/m0/s1. The number of aliphatic carboxylic acids is 2. The number of carboxylic acid groups (broad SMARTS) is 2. The summed E-state index contributed by atoms with van der Waals surface area (Å²) in [5, 5.41) is 109. The molecule has 3 aromatic rings. The van der Waals surface area contributed by atoms with E-state index in [4.69, 9.17) is 34.1 Å². The van der Waals surface area contributed by atoms with Crippen LogP contribution < -0.4 is 97.8 Å². The molecular formula is C72H105N19O24S. The number of phenolic OH excluding ortho intramolecular Hbond substituents is 3. The Bertz CT molecular complexity index is 3940. The smallest absolute Gasteiger partial charge is 0.326 e. The molecule has 0 heterocycles. The number of aromatic hydroxyl groups is 3. The van der Waals surface area contributed by atoms with Crippen molar-refractivity contribution >= 4 is 119 Å². The predicted molar refractivity (Wildman–Crippen MR) is 413 cm³/mol. The van der Waals surface area contributed by atoms with Crippen LogP contribution in [0.25, 0.3) is 0 Å². The van der Waals surface area contributed by atoms with Crippen LogP contribution in [0.3, 0.4) is 0 Å². The molecule has 0 unspecified atom stereocenters. The van der Waals surface area contributed by atoms with Gasteiger partial charge in [-0.1, -0.05) is 56.7 Å². The molecule has 0 aliphatic rings. The number of phenols is 3. The molecule has 3 rings (SSSR count). The van der Waals surface area contributed by atoms with Gasteiger partial charge in [0.1, 0.15) is 89.8 Å². The molecule has 3 aromatic carbocycles. The van der Waals surface area contributed by atoms with Crippen molar-refractivity contribution in [2.45, 2.75) is 202 Å². The average molecular weight is 1650 g/mol. The molecule has 43 nitrogen and oxygen atoms in total. The van der Waals surface area contributed by atoms with E-state index in [1.54, 1.807) is 13.8 Å². The number of thiol groups is 1. The van der Waals surface area contributed by atoms with E-state index >= 15 is 0 Å². The summed E-state index contributed by atoms with van der Waals surface area (Å²) >= 11 is 4.02. The van der Waals surface area contributed by atoms with E-state index in [1.807, 2.05) is 0 Å². The lowest BCUT2D eigenvalue weighted by Crippen LogP contribution is -2.62. The summed E-state index contributed by atoms with van der Waals surface area (Å²) in [6, 6.07) is -6.55. The predicted octanol–water partition coefficient (Wildman–Crippen LogP) is -7.65. The number of carbonyl (C=O) groups excluding carboxylic acids is 15. The first-order valence-electron chi connectivity index (χ1n) is 36.6. The van der Waals surface area contributed by atoms with E-state index in [9.17, 15) is 117 Å². The Hall–Kier alpha value is -12.5. The molecule has 15 amide bonds. The lowest BCUT2D eigenvalue weighted by molar-refractivity contribution is -0.142. The number of carbonyl (C=O) groups is 17. The molecular weight excluding hydrogens is 1550 g/mol. The van der Waals surface area contributed by atoms with Crippen LogP contribution in [0.2, 0.25) is 0 Å². The highest BCUT2D eigenvalue weighted by molar-refractivity contribution is 7.80. The van der Waals surface area contributed by atoms with Gasteiger partial charge < -0.3 is 134 Å². The fraction of sp³-hybridized carbons (Fsp3) is 0.500. The van der Waals surface area contributed by atoms with Gasteiger partial charge in [0.2, 0.25) is 88.6 Å². The van der Waals surface area contributed by atoms with Gasteiger partial charge in [0.15, 0.2) is 5.96 Å². The van der Waals surface area contributed by atoms with Gasteiger partial charge in [-0.3, -0.25) is 82.1 Å². The van der Waals surface area contributed by atoms with Crippen LogP contribution in [0.15, 0.2) is 72.8 Å². The second-order valence-electron chi connectivity index (χ2n) is 27.2. The van der Waals surface area contributed by atoms with Crippen LogP contribution in [0.5, 0.6) is 17.2 Å². The van der Waals surface area contributed by atoms with Crippen molar-refractivity contribution in [2.24, 2.45) is 34.6 Å². The number of nitrogens with one attached hydrogen (secondary N) is 14. The molecule has 0 fully saturated rings. The number of aliphatic hydroxyl groups excluding tert-OH is 2. The van der Waals surface area contributed by atoms with Crippen molar-refractivity contribution in [3.8, 4) is 17.2 Å². The summed E-state index contributed by atoms with van der Waals surface area (Å²) in [6.07, 6.45) is -8.47. The van der Waals surface area contributed by atoms with Crippen molar-refractivity contribution in [3.05, 3.63) is 89.5 Å². The first kappa shape index (κ1) is 97.7. The number of hydrogen-bond donors (Lipinski definition) is 27. The molecule has 44 heteroatoms. The number of aliphatic hydroxyl groups is 2. The number of primary amides is 3.